The van der Waals surface area contributed by atoms with Crippen LogP contribution in [0.25, 0.3) is 10.9 Å². The third kappa shape index (κ3) is 1.34. The quantitative estimate of drug-likeness (QED) is 0.861. The number of aromatic nitrogens is 1. The zero-order valence-corrected chi connectivity index (χ0v) is 9.97. The zero-order chi connectivity index (χ0) is 10.5. The van der Waals surface area contributed by atoms with E-state index in [1.54, 1.807) is 0 Å². The van der Waals surface area contributed by atoms with Gasteiger partial charge >= 0.3 is 0 Å². The zero-order valence-electron chi connectivity index (χ0n) is 8.39. The van der Waals surface area contributed by atoms with E-state index in [0.29, 0.717) is 0 Å². The van der Waals surface area contributed by atoms with Crippen LogP contribution in [0.5, 0.6) is 0 Å². The summed E-state index contributed by atoms with van der Waals surface area (Å²) in [6, 6.07) is 6.37. The minimum Gasteiger partial charge on any atom is -0.361 e. The van der Waals surface area contributed by atoms with Crippen molar-refractivity contribution in [1.29, 1.82) is 0 Å². The lowest BCUT2D eigenvalue weighted by Crippen LogP contribution is -2.19. The Morgan fingerprint density at radius 1 is 1.40 bits per heavy atom. The van der Waals surface area contributed by atoms with Gasteiger partial charge in [-0.25, -0.2) is 0 Å². The Morgan fingerprint density at radius 3 is 2.87 bits per heavy atom. The summed E-state index contributed by atoms with van der Waals surface area (Å²) in [5, 5.41) is 1.32. The summed E-state index contributed by atoms with van der Waals surface area (Å²) in [5.74, 6) is 0. The molecule has 0 unspecified atom stereocenters. The second-order valence-electron chi connectivity index (χ2n) is 4.38. The van der Waals surface area contributed by atoms with E-state index in [2.05, 4.69) is 45.3 Å². The number of H-pyrrole nitrogens is 1. The number of hydrogen-bond acceptors (Lipinski definition) is 1. The fourth-order valence-corrected chi connectivity index (χ4v) is 2.63. The van der Waals surface area contributed by atoms with Gasteiger partial charge in [-0.3, -0.25) is 0 Å². The van der Waals surface area contributed by atoms with E-state index in [-0.39, 0.29) is 5.41 Å². The van der Waals surface area contributed by atoms with Gasteiger partial charge in [0.2, 0.25) is 0 Å². The van der Waals surface area contributed by atoms with Gasteiger partial charge in [0.05, 0.1) is 0 Å². The molecule has 1 aromatic heterocycles. The predicted molar refractivity (Wildman–Crippen MR) is 66.0 cm³/mol. The number of nitrogens with one attached hydrogen (secondary N) is 1. The molecule has 0 amide bonds. The van der Waals surface area contributed by atoms with E-state index in [9.17, 15) is 0 Å². The van der Waals surface area contributed by atoms with Crippen molar-refractivity contribution in [2.24, 2.45) is 5.73 Å². The normalized spacial score (nSPS) is 18.3. The Balaban J connectivity index is 2.21. The molecule has 1 saturated carbocycles. The Kier molecular flexibility index (Phi) is 1.94. The summed E-state index contributed by atoms with van der Waals surface area (Å²) in [4.78, 5) is 3.32. The molecule has 0 aliphatic heterocycles. The van der Waals surface area contributed by atoms with Crippen LogP contribution in [0.15, 0.2) is 28.9 Å². The van der Waals surface area contributed by atoms with Gasteiger partial charge in [-0.05, 0) is 30.5 Å². The van der Waals surface area contributed by atoms with Gasteiger partial charge in [0.25, 0.3) is 0 Å². The molecule has 15 heavy (non-hydrogen) atoms. The fourth-order valence-electron chi connectivity index (χ4n) is 2.27. The maximum atomic E-state index is 5.86. The highest BCUT2D eigenvalue weighted by atomic mass is 79.9. The molecule has 2 aromatic rings. The molecule has 1 heterocycles. The number of aromatic amines is 1. The highest BCUT2D eigenvalue weighted by Crippen LogP contribution is 2.49. The minimum absolute atomic E-state index is 0.270. The third-order valence-corrected chi connectivity index (χ3v) is 3.95. The second-order valence-corrected chi connectivity index (χ2v) is 5.29. The Labute approximate surface area is 97.0 Å². The van der Waals surface area contributed by atoms with E-state index in [1.165, 1.54) is 29.3 Å². The van der Waals surface area contributed by atoms with Gasteiger partial charge < -0.3 is 10.7 Å². The van der Waals surface area contributed by atoms with Crippen LogP contribution in [0.2, 0.25) is 0 Å². The van der Waals surface area contributed by atoms with Crippen molar-refractivity contribution in [1.82, 2.24) is 4.98 Å². The van der Waals surface area contributed by atoms with Crippen LogP contribution in [0, 0.1) is 0 Å². The smallest absolute Gasteiger partial charge is 0.0468 e. The highest BCUT2D eigenvalue weighted by molar-refractivity contribution is 9.10. The van der Waals surface area contributed by atoms with E-state index in [4.69, 9.17) is 5.73 Å². The van der Waals surface area contributed by atoms with Crippen LogP contribution in [-0.4, -0.2) is 11.5 Å². The first-order valence-corrected chi connectivity index (χ1v) is 6.02. The topological polar surface area (TPSA) is 41.8 Å². The molecule has 0 spiro atoms. The summed E-state index contributed by atoms with van der Waals surface area (Å²) < 4.78 is 1.11. The first-order chi connectivity index (χ1) is 7.25. The molecule has 0 bridgehead atoms. The third-order valence-electron chi connectivity index (χ3n) is 3.46. The Morgan fingerprint density at radius 2 is 2.20 bits per heavy atom. The van der Waals surface area contributed by atoms with Gasteiger partial charge in [0.15, 0.2) is 0 Å². The standard InChI is InChI=1S/C12H13BrN2/c13-8-1-2-9-10(6-15-11(9)5-8)12(7-14)3-4-12/h1-2,5-6,15H,3-4,7,14H2. The Bertz CT molecular complexity index is 511. The average molecular weight is 265 g/mol. The molecule has 3 heteroatoms. The highest BCUT2D eigenvalue weighted by Gasteiger charge is 2.44. The molecular weight excluding hydrogens is 252 g/mol. The van der Waals surface area contributed by atoms with E-state index in [0.717, 1.165) is 11.0 Å². The van der Waals surface area contributed by atoms with Crippen molar-refractivity contribution in [3.8, 4) is 0 Å². The molecule has 1 aromatic carbocycles. The summed E-state index contributed by atoms with van der Waals surface area (Å²) in [6.07, 6.45) is 4.58. The Hall–Kier alpha value is -0.800. The van der Waals surface area contributed by atoms with E-state index >= 15 is 0 Å². The number of fused-ring (bicyclic) bond motifs is 1. The van der Waals surface area contributed by atoms with Crippen LogP contribution in [0.1, 0.15) is 18.4 Å². The van der Waals surface area contributed by atoms with Gasteiger partial charge in [-0.1, -0.05) is 22.0 Å². The number of nitrogens with two attached hydrogens (primary N) is 1. The van der Waals surface area contributed by atoms with Gasteiger partial charge in [-0.2, -0.15) is 0 Å². The van der Waals surface area contributed by atoms with Crippen molar-refractivity contribution in [2.75, 3.05) is 6.54 Å². The maximum Gasteiger partial charge on any atom is 0.0468 e. The van der Waals surface area contributed by atoms with Crippen molar-refractivity contribution >= 4 is 26.8 Å². The lowest BCUT2D eigenvalue weighted by atomic mass is 9.96. The molecule has 2 nitrogen and oxygen atoms in total. The van der Waals surface area contributed by atoms with E-state index in [1.807, 2.05) is 0 Å². The number of rotatable bonds is 2. The fraction of sp³-hybridized carbons (Fsp3) is 0.333. The van der Waals surface area contributed by atoms with Crippen LogP contribution in [0.3, 0.4) is 0 Å². The van der Waals surface area contributed by atoms with Crippen molar-refractivity contribution in [3.05, 3.63) is 34.4 Å². The summed E-state index contributed by atoms with van der Waals surface area (Å²) >= 11 is 3.48. The summed E-state index contributed by atoms with van der Waals surface area (Å²) in [5.41, 5.74) is 8.72. The minimum atomic E-state index is 0.270. The van der Waals surface area contributed by atoms with Crippen LogP contribution >= 0.6 is 15.9 Å². The van der Waals surface area contributed by atoms with E-state index < -0.39 is 0 Å². The largest absolute Gasteiger partial charge is 0.361 e. The average Bonchev–Trinajstić information content (AvgIpc) is 2.93. The maximum absolute atomic E-state index is 5.86. The number of benzene rings is 1. The number of hydrogen-bond donors (Lipinski definition) is 2. The van der Waals surface area contributed by atoms with Crippen molar-refractivity contribution in [3.63, 3.8) is 0 Å². The van der Waals surface area contributed by atoms with Gasteiger partial charge in [0.1, 0.15) is 0 Å². The molecule has 1 fully saturated rings. The van der Waals surface area contributed by atoms with Crippen LogP contribution < -0.4 is 5.73 Å². The van der Waals surface area contributed by atoms with Crippen molar-refractivity contribution < 1.29 is 0 Å². The molecular formula is C12H13BrN2. The monoisotopic (exact) mass is 264 g/mol. The number of halogens is 1. The predicted octanol–water partition coefficient (Wildman–Crippen LogP) is 2.92. The van der Waals surface area contributed by atoms with Crippen molar-refractivity contribution in [2.45, 2.75) is 18.3 Å². The second kappa shape index (κ2) is 3.09. The molecule has 3 N–H and O–H groups in total. The molecule has 78 valence electrons. The lowest BCUT2D eigenvalue weighted by Gasteiger charge is -2.10. The molecule has 1 aliphatic carbocycles. The van der Waals surface area contributed by atoms with Crippen LogP contribution in [-0.2, 0) is 5.41 Å². The first-order valence-electron chi connectivity index (χ1n) is 5.22. The lowest BCUT2D eigenvalue weighted by molar-refractivity contribution is 0.711. The molecule has 0 atom stereocenters. The first kappa shape index (κ1) is 9.43. The van der Waals surface area contributed by atoms with Gasteiger partial charge in [-0.15, -0.1) is 0 Å². The SMILES string of the molecule is NCC1(c2c[nH]c3cc(Br)ccc23)CC1. The summed E-state index contributed by atoms with van der Waals surface area (Å²) in [7, 11) is 0. The molecule has 1 aliphatic rings. The summed E-state index contributed by atoms with van der Waals surface area (Å²) in [6.45, 7) is 0.760. The molecule has 0 radical (unpaired) electrons. The molecule has 0 saturated heterocycles. The molecule has 3 rings (SSSR count). The van der Waals surface area contributed by atoms with Crippen LogP contribution in [0.4, 0.5) is 0 Å². The van der Waals surface area contributed by atoms with Gasteiger partial charge in [0, 0.05) is 33.5 Å².